The number of anilines is 4. The van der Waals surface area contributed by atoms with Crippen LogP contribution in [-0.4, -0.2) is 206 Å². The lowest BCUT2D eigenvalue weighted by Gasteiger charge is -2.44. The molecule has 8 aromatic rings. The second-order valence-corrected chi connectivity index (χ2v) is 28.3. The molecule has 0 saturated carbocycles. The van der Waals surface area contributed by atoms with E-state index in [4.69, 9.17) is 29.3 Å². The molecular weight excluding hydrogens is 1490 g/mol. The second-order valence-electron chi connectivity index (χ2n) is 28.3. The molecule has 4 aliphatic heterocycles. The van der Waals surface area contributed by atoms with Crippen LogP contribution in [-0.2, 0) is 32.0 Å². The minimum absolute atomic E-state index is 0.0395. The van der Waals surface area contributed by atoms with Crippen LogP contribution in [0.5, 0.6) is 11.5 Å². The number of methoxy groups -OCH3 is 2. The zero-order valence-electron chi connectivity index (χ0n) is 62.5. The van der Waals surface area contributed by atoms with Gasteiger partial charge < -0.3 is 80.8 Å². The molecule has 4 aromatic heterocycles. The molecule has 0 bridgehead atoms. The van der Waals surface area contributed by atoms with Crippen molar-refractivity contribution in [1.29, 1.82) is 0 Å². The van der Waals surface area contributed by atoms with Gasteiger partial charge in [-0.2, -0.15) is 35.1 Å². The van der Waals surface area contributed by atoms with Crippen LogP contribution < -0.4 is 62.2 Å². The van der Waals surface area contributed by atoms with Gasteiger partial charge in [-0.1, -0.05) is 13.8 Å². The first-order chi connectivity index (χ1) is 53.3. The van der Waals surface area contributed by atoms with Crippen LogP contribution in [0, 0.1) is 46.9 Å². The van der Waals surface area contributed by atoms with Gasteiger partial charge in [-0.05, 0) is 97.5 Å². The predicted octanol–water partition coefficient (Wildman–Crippen LogP) is 7.20. The Hall–Kier alpha value is -10.7. The number of rotatable bonds is 26. The van der Waals surface area contributed by atoms with Crippen molar-refractivity contribution in [2.45, 2.75) is 77.6 Å². The number of alkyl halides is 6. The van der Waals surface area contributed by atoms with E-state index in [0.29, 0.717) is 109 Å². The molecule has 4 aliphatic rings. The second kappa shape index (κ2) is 38.0. The van der Waals surface area contributed by atoms with Crippen LogP contribution in [0.2, 0.25) is 0 Å². The number of fused-ring (bicyclic) bond motifs is 2. The third kappa shape index (κ3) is 21.9. The van der Waals surface area contributed by atoms with E-state index in [1.165, 1.54) is 64.0 Å². The number of carboxylic acids is 2. The minimum atomic E-state index is -5.19. The predicted molar refractivity (Wildman–Crippen MR) is 390 cm³/mol. The molecule has 0 spiro atoms. The number of benzene rings is 4. The molecule has 4 amide bonds. The molecule has 36 heteroatoms. The molecule has 26 nitrogen and oxygen atoms in total. The summed E-state index contributed by atoms with van der Waals surface area (Å²) < 4.78 is 137. The number of nitrogens with one attached hydrogen (secondary N) is 8. The topological polar surface area (TPSA) is 324 Å². The summed E-state index contributed by atoms with van der Waals surface area (Å²) in [7, 11) is 7.19. The summed E-state index contributed by atoms with van der Waals surface area (Å²) in [6.07, 6.45) is 5.08. The van der Waals surface area contributed by atoms with Crippen LogP contribution in [0.1, 0.15) is 84.2 Å². The molecular formula is C76H90F10N16O10. The van der Waals surface area contributed by atoms with Crippen molar-refractivity contribution in [2.24, 2.45) is 23.7 Å². The third-order valence-electron chi connectivity index (χ3n) is 20.2. The summed E-state index contributed by atoms with van der Waals surface area (Å²) in [6, 6.07) is 16.5. The van der Waals surface area contributed by atoms with E-state index in [0.717, 1.165) is 110 Å². The van der Waals surface area contributed by atoms with Gasteiger partial charge in [0.25, 0.3) is 11.8 Å². The van der Waals surface area contributed by atoms with Gasteiger partial charge in [0.15, 0.2) is 46.1 Å². The van der Waals surface area contributed by atoms with E-state index in [1.807, 2.05) is 26.0 Å². The molecule has 112 heavy (non-hydrogen) atoms. The lowest BCUT2D eigenvalue weighted by atomic mass is 9.92. The number of nitrogens with zero attached hydrogens (tertiary/aromatic N) is 8. The average Bonchev–Trinajstić information content (AvgIpc) is 1.61. The van der Waals surface area contributed by atoms with Crippen molar-refractivity contribution >= 4 is 69.9 Å². The number of piperidine rings is 2. The van der Waals surface area contributed by atoms with Crippen molar-refractivity contribution in [3.05, 3.63) is 143 Å². The highest BCUT2D eigenvalue weighted by Crippen LogP contribution is 2.35. The smallest absolute Gasteiger partial charge is 0.430 e. The molecule has 12 rings (SSSR count). The van der Waals surface area contributed by atoms with E-state index < -0.39 is 47.6 Å². The zero-order valence-corrected chi connectivity index (χ0v) is 62.5. The lowest BCUT2D eigenvalue weighted by molar-refractivity contribution is -0.918. The van der Waals surface area contributed by atoms with Crippen molar-refractivity contribution in [2.75, 3.05) is 131 Å². The Kier molecular flexibility index (Phi) is 28.9. The highest BCUT2D eigenvalue weighted by molar-refractivity contribution is 5.97. The Morgan fingerprint density at radius 2 is 0.866 bits per heavy atom. The number of carboxylic acid groups (broad SMARTS) is 2. The Balaban J connectivity index is 0.000000219. The number of carbonyl (C=O) groups excluding carboxylic acids is 6. The lowest BCUT2D eigenvalue weighted by Crippen LogP contribution is -2.58. The summed E-state index contributed by atoms with van der Waals surface area (Å²) >= 11 is 0. The highest BCUT2D eigenvalue weighted by Gasteiger charge is 2.39. The van der Waals surface area contributed by atoms with Gasteiger partial charge in [0, 0.05) is 160 Å². The van der Waals surface area contributed by atoms with E-state index in [9.17, 15) is 63.1 Å². The van der Waals surface area contributed by atoms with E-state index in [-0.39, 0.29) is 58.1 Å². The molecule has 4 fully saturated rings. The van der Waals surface area contributed by atoms with Gasteiger partial charge >= 0.3 is 12.4 Å². The highest BCUT2D eigenvalue weighted by atomic mass is 19.4. The summed E-state index contributed by atoms with van der Waals surface area (Å²) in [5.41, 5.74) is 5.87. The first-order valence-electron chi connectivity index (χ1n) is 36.5. The van der Waals surface area contributed by atoms with E-state index in [1.54, 1.807) is 57.9 Å². The van der Waals surface area contributed by atoms with Gasteiger partial charge in [0.2, 0.25) is 23.4 Å². The van der Waals surface area contributed by atoms with Crippen molar-refractivity contribution in [3.8, 4) is 34.0 Å². The molecule has 604 valence electrons. The number of aliphatic carboxylic acids is 2. The molecule has 0 radical (unpaired) electrons. The molecule has 8 heterocycles. The standard InChI is InChI=1S/2C36H44F2N8O3.2C2HF3O2/c2*1-4-24-18-26(44-33-34-43-21-29(45(34)15-14-40-33)28-8-9-30(49-3)32(38)31(28)37)6-7-27(24)36(48)42-13-5-12-41-35(47)25-10-16-46(2,17-11-25)22-23-19-39-20-23;2*3-2(4,5)1(6)7/h2*6-9,14-15,18,21,23,25,39H,4-5,10-13,16-17,19-20,22H2,1-3H3,(H2-,40,41,42,44,47,48);2*(H,6,7). The van der Waals surface area contributed by atoms with Crippen LogP contribution in [0.3, 0.4) is 0 Å². The maximum Gasteiger partial charge on any atom is 0.430 e. The normalized spacial score (nSPS) is 18.3. The maximum absolute atomic E-state index is 14.9. The van der Waals surface area contributed by atoms with Gasteiger partial charge in [-0.15, -0.1) is 0 Å². The molecule has 4 saturated heterocycles. The molecule has 0 atom stereocenters. The summed E-state index contributed by atoms with van der Waals surface area (Å²) in [5, 5.41) is 42.9. The van der Waals surface area contributed by atoms with Crippen molar-refractivity contribution < 1.29 is 101 Å². The number of aryl methyl sites for hydroxylation is 2. The number of amides is 4. The SMILES string of the molecule is CCc1cc(Nc2nccn3c(-c4ccc(OC)c(F)c4F)cnc23)ccc1C(=O)NCCCNC(=O)C1CC[N+](C)(CC2CNC2)CC1.CCc1cc(Nc2nccn3c(-c4ccc(OC)c(F)c4F)cnc23)ccc1C(=O)NCCCNC(=O)C1CC[N+](C)(CC2CNC2)CC1.O=C([O-])C(F)(F)F.O=C([O-])C(F)(F)F. The van der Waals surface area contributed by atoms with Gasteiger partial charge in [-0.25, -0.2) is 28.7 Å². The number of hydrogen-bond donors (Lipinski definition) is 8. The van der Waals surface area contributed by atoms with Crippen molar-refractivity contribution in [3.63, 3.8) is 0 Å². The number of quaternary nitrogens is 2. The number of carbonyl (C=O) groups is 6. The average molecular weight is 1580 g/mol. The number of hydrogen-bond acceptors (Lipinski definition) is 18. The fourth-order valence-corrected chi connectivity index (χ4v) is 13.8. The van der Waals surface area contributed by atoms with E-state index >= 15 is 0 Å². The van der Waals surface area contributed by atoms with Gasteiger partial charge in [-0.3, -0.25) is 28.0 Å². The third-order valence-corrected chi connectivity index (χ3v) is 20.2. The molecule has 4 aromatic carbocycles. The number of imidazole rings is 2. The van der Waals surface area contributed by atoms with Crippen LogP contribution >= 0.6 is 0 Å². The minimum Gasteiger partial charge on any atom is -0.542 e. The largest absolute Gasteiger partial charge is 0.542 e. The molecule has 0 aliphatic carbocycles. The zero-order chi connectivity index (χ0) is 81.2. The maximum atomic E-state index is 14.9. The number of aromatic nitrogens is 6. The fraction of sp³-hybridized carbons (Fsp3) is 0.447. The number of halogens is 10. The van der Waals surface area contributed by atoms with Crippen LogP contribution in [0.25, 0.3) is 33.8 Å². The summed E-state index contributed by atoms with van der Waals surface area (Å²) in [6.45, 7) is 16.9. The Morgan fingerprint density at radius 1 is 0.518 bits per heavy atom. The van der Waals surface area contributed by atoms with Gasteiger partial charge in [0.1, 0.15) is 11.9 Å². The van der Waals surface area contributed by atoms with Crippen LogP contribution in [0.15, 0.2) is 97.8 Å². The number of likely N-dealkylation sites (tertiary alicyclic amines) is 2. The van der Waals surface area contributed by atoms with Crippen LogP contribution in [0.4, 0.5) is 66.9 Å². The Morgan fingerprint density at radius 3 is 1.18 bits per heavy atom. The monoisotopic (exact) mass is 1580 g/mol. The first kappa shape index (κ1) is 85.3. The van der Waals surface area contributed by atoms with E-state index in [2.05, 4.69) is 76.6 Å². The van der Waals surface area contributed by atoms with Gasteiger partial charge in [0.05, 0.1) is 91.4 Å². The van der Waals surface area contributed by atoms with Crippen molar-refractivity contribution in [1.82, 2.24) is 60.6 Å². The fourth-order valence-electron chi connectivity index (χ4n) is 13.8. The molecule has 8 N–H and O–H groups in total. The summed E-state index contributed by atoms with van der Waals surface area (Å²) in [5.74, 6) is -8.19. The Bertz CT molecular complexity index is 4350. The first-order valence-corrected chi connectivity index (χ1v) is 36.5. The Labute approximate surface area is 638 Å². The summed E-state index contributed by atoms with van der Waals surface area (Å²) in [4.78, 5) is 87.0. The molecule has 0 unspecified atom stereocenters. The quantitative estimate of drug-likeness (QED) is 0.0151. The number of ether oxygens (including phenoxy) is 2.